The highest BCUT2D eigenvalue weighted by atomic mass is 79.9. The summed E-state index contributed by atoms with van der Waals surface area (Å²) in [5.74, 6) is 0.697. The third-order valence-electron chi connectivity index (χ3n) is 3.44. The van der Waals surface area contributed by atoms with Crippen molar-refractivity contribution < 1.29 is 23.8 Å². The van der Waals surface area contributed by atoms with Gasteiger partial charge in [0.1, 0.15) is 19.8 Å². The largest absolute Gasteiger partial charge is 0.486 e. The summed E-state index contributed by atoms with van der Waals surface area (Å²) in [7, 11) is 0. The van der Waals surface area contributed by atoms with Crippen LogP contribution < -0.4 is 9.47 Å². The zero-order valence-corrected chi connectivity index (χ0v) is 15.2. The molecule has 0 saturated carbocycles. The molecule has 0 unspecified atom stereocenters. The number of ether oxygens (including phenoxy) is 3. The molecule has 0 aliphatic carbocycles. The van der Waals surface area contributed by atoms with E-state index in [4.69, 9.17) is 14.2 Å². The van der Waals surface area contributed by atoms with Crippen LogP contribution in [0.15, 0.2) is 33.4 Å². The van der Waals surface area contributed by atoms with Crippen LogP contribution in [0, 0.1) is 0 Å². The third-order valence-corrected chi connectivity index (χ3v) is 5.00. The van der Waals surface area contributed by atoms with Gasteiger partial charge in [0.15, 0.2) is 17.3 Å². The Morgan fingerprint density at radius 2 is 1.92 bits per heavy atom. The lowest BCUT2D eigenvalue weighted by Crippen LogP contribution is -2.16. The molecule has 3 rings (SSSR count). The molecule has 0 atom stereocenters. The standard InChI is InChI=1S/C17H15BrO5S/c18-16-7-11(10-24-16)9-23-17(20)4-2-13(19)12-1-3-14-15(8-12)22-6-5-21-14/h1,3,7-8,10H,2,4-6,9H2. The molecule has 1 aromatic carbocycles. The number of benzene rings is 1. The number of Topliss-reactive ketones (excluding diaryl/α,β-unsaturated/α-hetero) is 1. The number of esters is 1. The van der Waals surface area contributed by atoms with Gasteiger partial charge >= 0.3 is 5.97 Å². The molecule has 0 fully saturated rings. The van der Waals surface area contributed by atoms with Crippen molar-refractivity contribution in [3.63, 3.8) is 0 Å². The molecule has 1 aliphatic heterocycles. The molecule has 7 heteroatoms. The van der Waals surface area contributed by atoms with Gasteiger partial charge in [-0.3, -0.25) is 9.59 Å². The van der Waals surface area contributed by atoms with Crippen molar-refractivity contribution in [2.45, 2.75) is 19.4 Å². The van der Waals surface area contributed by atoms with E-state index < -0.39 is 0 Å². The van der Waals surface area contributed by atoms with Gasteiger partial charge in [-0.2, -0.15) is 0 Å². The van der Waals surface area contributed by atoms with E-state index in [1.54, 1.807) is 18.2 Å². The van der Waals surface area contributed by atoms with Crippen LogP contribution in [0.5, 0.6) is 11.5 Å². The molecule has 0 saturated heterocycles. The minimum Gasteiger partial charge on any atom is -0.486 e. The number of carbonyl (C=O) groups excluding carboxylic acids is 2. The Kier molecular flexibility index (Phi) is 5.52. The number of carbonyl (C=O) groups is 2. The van der Waals surface area contributed by atoms with Crippen LogP contribution in [0.1, 0.15) is 28.8 Å². The SMILES string of the molecule is O=C(CCC(=O)c1ccc2c(c1)OCCO2)OCc1csc(Br)c1. The number of rotatable bonds is 6. The maximum atomic E-state index is 12.2. The zero-order chi connectivity index (χ0) is 16.9. The maximum absolute atomic E-state index is 12.2. The molecular weight excluding hydrogens is 396 g/mol. The molecule has 24 heavy (non-hydrogen) atoms. The van der Waals surface area contributed by atoms with E-state index in [0.717, 1.165) is 9.35 Å². The van der Waals surface area contributed by atoms with Crippen molar-refractivity contribution in [2.75, 3.05) is 13.2 Å². The lowest BCUT2D eigenvalue weighted by molar-refractivity contribution is -0.144. The summed E-state index contributed by atoms with van der Waals surface area (Å²) in [4.78, 5) is 24.0. The summed E-state index contributed by atoms with van der Waals surface area (Å²) in [6.07, 6.45) is 0.157. The first-order valence-electron chi connectivity index (χ1n) is 7.43. The van der Waals surface area contributed by atoms with Crippen LogP contribution in [-0.4, -0.2) is 25.0 Å². The zero-order valence-electron chi connectivity index (χ0n) is 12.7. The number of halogens is 1. The molecule has 1 aromatic heterocycles. The van der Waals surface area contributed by atoms with Crippen molar-refractivity contribution >= 4 is 39.0 Å². The number of ketones is 1. The van der Waals surface area contributed by atoms with Crippen molar-refractivity contribution in [2.24, 2.45) is 0 Å². The Balaban J connectivity index is 1.49. The smallest absolute Gasteiger partial charge is 0.306 e. The van der Waals surface area contributed by atoms with E-state index in [-0.39, 0.29) is 31.2 Å². The Hall–Kier alpha value is -1.86. The maximum Gasteiger partial charge on any atom is 0.306 e. The number of fused-ring (bicyclic) bond motifs is 1. The second-order valence-electron chi connectivity index (χ2n) is 5.20. The highest BCUT2D eigenvalue weighted by molar-refractivity contribution is 9.11. The average Bonchev–Trinajstić information content (AvgIpc) is 3.02. The predicted octanol–water partition coefficient (Wildman–Crippen LogP) is 3.99. The lowest BCUT2D eigenvalue weighted by atomic mass is 10.1. The van der Waals surface area contributed by atoms with Crippen LogP contribution in [0.4, 0.5) is 0 Å². The van der Waals surface area contributed by atoms with E-state index in [9.17, 15) is 9.59 Å². The van der Waals surface area contributed by atoms with Gasteiger partial charge in [0.2, 0.25) is 0 Å². The van der Waals surface area contributed by atoms with Gasteiger partial charge in [-0.1, -0.05) is 0 Å². The Morgan fingerprint density at radius 3 is 2.67 bits per heavy atom. The molecule has 5 nitrogen and oxygen atoms in total. The third kappa shape index (κ3) is 4.36. The molecule has 0 N–H and O–H groups in total. The van der Waals surface area contributed by atoms with Gasteiger partial charge in [-0.05, 0) is 45.6 Å². The Bertz CT molecular complexity index is 755. The first kappa shape index (κ1) is 17.0. The van der Waals surface area contributed by atoms with Crippen molar-refractivity contribution in [3.8, 4) is 11.5 Å². The monoisotopic (exact) mass is 410 g/mol. The highest BCUT2D eigenvalue weighted by Crippen LogP contribution is 2.31. The van der Waals surface area contributed by atoms with Gasteiger partial charge in [-0.25, -0.2) is 0 Å². The van der Waals surface area contributed by atoms with E-state index >= 15 is 0 Å². The van der Waals surface area contributed by atoms with Crippen LogP contribution in [0.2, 0.25) is 0 Å². The molecule has 0 bridgehead atoms. The second-order valence-corrected chi connectivity index (χ2v) is 7.49. The van der Waals surface area contributed by atoms with Crippen molar-refractivity contribution in [1.29, 1.82) is 0 Å². The fourth-order valence-corrected chi connectivity index (χ4v) is 3.43. The van der Waals surface area contributed by atoms with Crippen molar-refractivity contribution in [3.05, 3.63) is 44.6 Å². The van der Waals surface area contributed by atoms with E-state index in [1.165, 1.54) is 11.3 Å². The van der Waals surface area contributed by atoms with E-state index in [2.05, 4.69) is 15.9 Å². The van der Waals surface area contributed by atoms with Gasteiger partial charge in [0, 0.05) is 17.5 Å². The minimum absolute atomic E-state index is 0.0541. The van der Waals surface area contributed by atoms with E-state index in [1.807, 2.05) is 11.4 Å². The predicted molar refractivity (Wildman–Crippen MR) is 92.8 cm³/mol. The number of hydrogen-bond donors (Lipinski definition) is 0. The second kappa shape index (κ2) is 7.81. The van der Waals surface area contributed by atoms with Gasteiger partial charge in [-0.15, -0.1) is 11.3 Å². The topological polar surface area (TPSA) is 61.8 Å². The number of thiophene rings is 1. The molecule has 0 amide bonds. The molecule has 0 radical (unpaired) electrons. The first-order valence-corrected chi connectivity index (χ1v) is 9.10. The van der Waals surface area contributed by atoms with Crippen LogP contribution >= 0.6 is 27.3 Å². The summed E-state index contributed by atoms with van der Waals surface area (Å²) in [5, 5.41) is 1.91. The summed E-state index contributed by atoms with van der Waals surface area (Å²) in [5.41, 5.74) is 1.44. The van der Waals surface area contributed by atoms with Gasteiger partial charge in [0.25, 0.3) is 0 Å². The molecule has 0 spiro atoms. The highest BCUT2D eigenvalue weighted by Gasteiger charge is 2.16. The van der Waals surface area contributed by atoms with Crippen LogP contribution in [0.3, 0.4) is 0 Å². The summed E-state index contributed by atoms with van der Waals surface area (Å²) >= 11 is 4.89. The normalized spacial score (nSPS) is 12.7. The minimum atomic E-state index is -0.386. The lowest BCUT2D eigenvalue weighted by Gasteiger charge is -2.18. The Labute approximate surface area is 151 Å². The van der Waals surface area contributed by atoms with Crippen LogP contribution in [0.25, 0.3) is 0 Å². The number of hydrogen-bond acceptors (Lipinski definition) is 6. The molecule has 2 heterocycles. The first-order chi connectivity index (χ1) is 11.6. The molecule has 2 aromatic rings. The molecule has 1 aliphatic rings. The Morgan fingerprint density at radius 1 is 1.12 bits per heavy atom. The van der Waals surface area contributed by atoms with Gasteiger partial charge < -0.3 is 14.2 Å². The summed E-state index contributed by atoms with van der Waals surface area (Å²) in [6, 6.07) is 6.96. The molecular formula is C17H15BrO5S. The summed E-state index contributed by atoms with van der Waals surface area (Å²) in [6.45, 7) is 1.20. The fourth-order valence-electron chi connectivity index (χ4n) is 2.23. The van der Waals surface area contributed by atoms with Crippen molar-refractivity contribution in [1.82, 2.24) is 0 Å². The molecule has 126 valence electrons. The fraction of sp³-hybridized carbons (Fsp3) is 0.294. The van der Waals surface area contributed by atoms with E-state index in [0.29, 0.717) is 30.3 Å². The average molecular weight is 411 g/mol. The quantitative estimate of drug-likeness (QED) is 0.532. The summed E-state index contributed by atoms with van der Waals surface area (Å²) < 4.78 is 17.0. The van der Waals surface area contributed by atoms with Crippen LogP contribution in [-0.2, 0) is 16.1 Å². The van der Waals surface area contributed by atoms with Gasteiger partial charge in [0.05, 0.1) is 10.2 Å².